The number of hydrogen-bond donors (Lipinski definition) is 1. The van der Waals surface area contributed by atoms with Crippen molar-refractivity contribution < 1.29 is 19.0 Å². The predicted octanol–water partition coefficient (Wildman–Crippen LogP) is 1.89. The van der Waals surface area contributed by atoms with E-state index >= 15 is 0 Å². The van der Waals surface area contributed by atoms with Crippen molar-refractivity contribution in [1.29, 1.82) is 0 Å². The SMILES string of the molecule is CC(O)CN(C(=O)c1ccc(N2CCOCC2)c(F)c1)C(C)C. The molecule has 1 aromatic carbocycles. The largest absolute Gasteiger partial charge is 0.392 e. The second kappa shape index (κ2) is 7.75. The molecule has 23 heavy (non-hydrogen) atoms. The van der Waals surface area contributed by atoms with Crippen LogP contribution in [-0.4, -0.2) is 60.9 Å². The van der Waals surface area contributed by atoms with Crippen LogP contribution in [0.5, 0.6) is 0 Å². The van der Waals surface area contributed by atoms with Crippen LogP contribution < -0.4 is 4.90 Å². The normalized spacial score (nSPS) is 16.5. The number of hydrogen-bond acceptors (Lipinski definition) is 4. The minimum atomic E-state index is -0.626. The van der Waals surface area contributed by atoms with Gasteiger partial charge in [-0.3, -0.25) is 4.79 Å². The first-order valence-electron chi connectivity index (χ1n) is 8.01. The number of anilines is 1. The van der Waals surface area contributed by atoms with E-state index in [0.29, 0.717) is 37.6 Å². The fraction of sp³-hybridized carbons (Fsp3) is 0.588. The lowest BCUT2D eigenvalue weighted by Gasteiger charge is -2.30. The Morgan fingerprint density at radius 1 is 1.35 bits per heavy atom. The molecule has 5 nitrogen and oxygen atoms in total. The van der Waals surface area contributed by atoms with Crippen LogP contribution in [0.3, 0.4) is 0 Å². The van der Waals surface area contributed by atoms with Gasteiger partial charge in [0.25, 0.3) is 5.91 Å². The first-order valence-corrected chi connectivity index (χ1v) is 8.01. The summed E-state index contributed by atoms with van der Waals surface area (Å²) in [6, 6.07) is 4.51. The van der Waals surface area contributed by atoms with E-state index in [4.69, 9.17) is 4.74 Å². The third-order valence-electron chi connectivity index (χ3n) is 3.89. The molecule has 0 saturated carbocycles. The number of aliphatic hydroxyl groups excluding tert-OH is 1. The van der Waals surface area contributed by atoms with E-state index in [1.54, 1.807) is 24.0 Å². The molecule has 1 unspecified atom stereocenters. The molecule has 1 saturated heterocycles. The molecular formula is C17H25FN2O3. The van der Waals surface area contributed by atoms with E-state index in [2.05, 4.69) is 0 Å². The highest BCUT2D eigenvalue weighted by atomic mass is 19.1. The molecule has 0 bridgehead atoms. The third-order valence-corrected chi connectivity index (χ3v) is 3.89. The zero-order valence-electron chi connectivity index (χ0n) is 14.0. The molecule has 1 amide bonds. The first-order chi connectivity index (χ1) is 10.9. The molecule has 1 aliphatic heterocycles. The van der Waals surface area contributed by atoms with Crippen LogP contribution in [0.4, 0.5) is 10.1 Å². The van der Waals surface area contributed by atoms with Crippen LogP contribution in [0, 0.1) is 5.82 Å². The number of amides is 1. The van der Waals surface area contributed by atoms with E-state index in [0.717, 1.165) is 0 Å². The van der Waals surface area contributed by atoms with Crippen LogP contribution >= 0.6 is 0 Å². The highest BCUT2D eigenvalue weighted by Gasteiger charge is 2.22. The molecule has 2 rings (SSSR count). The predicted molar refractivity (Wildman–Crippen MR) is 87.3 cm³/mol. The van der Waals surface area contributed by atoms with Gasteiger partial charge in [0.1, 0.15) is 5.82 Å². The fourth-order valence-electron chi connectivity index (χ4n) is 2.68. The van der Waals surface area contributed by atoms with Crippen molar-refractivity contribution in [2.75, 3.05) is 37.7 Å². The maximum Gasteiger partial charge on any atom is 0.254 e. The summed E-state index contributed by atoms with van der Waals surface area (Å²) in [6.07, 6.45) is -0.626. The Morgan fingerprint density at radius 2 is 2.00 bits per heavy atom. The zero-order valence-corrected chi connectivity index (χ0v) is 14.0. The van der Waals surface area contributed by atoms with Gasteiger partial charge in [0.05, 0.1) is 25.0 Å². The average molecular weight is 324 g/mol. The second-order valence-corrected chi connectivity index (χ2v) is 6.17. The number of benzene rings is 1. The van der Waals surface area contributed by atoms with Crippen LogP contribution in [0.15, 0.2) is 18.2 Å². The van der Waals surface area contributed by atoms with Crippen molar-refractivity contribution in [2.24, 2.45) is 0 Å². The highest BCUT2D eigenvalue weighted by Crippen LogP contribution is 2.22. The Balaban J connectivity index is 2.19. The van der Waals surface area contributed by atoms with Crippen molar-refractivity contribution in [3.8, 4) is 0 Å². The Kier molecular flexibility index (Phi) is 5.96. The van der Waals surface area contributed by atoms with Crippen LogP contribution in [0.25, 0.3) is 0 Å². The average Bonchev–Trinajstić information content (AvgIpc) is 2.52. The monoisotopic (exact) mass is 324 g/mol. The van der Waals surface area contributed by atoms with Crippen molar-refractivity contribution in [2.45, 2.75) is 32.9 Å². The van der Waals surface area contributed by atoms with Gasteiger partial charge >= 0.3 is 0 Å². The molecule has 1 fully saturated rings. The molecule has 1 aromatic rings. The van der Waals surface area contributed by atoms with Gasteiger partial charge in [-0.1, -0.05) is 0 Å². The number of aliphatic hydroxyl groups is 1. The van der Waals surface area contributed by atoms with Gasteiger partial charge in [-0.2, -0.15) is 0 Å². The summed E-state index contributed by atoms with van der Waals surface area (Å²) in [5, 5.41) is 9.55. The van der Waals surface area contributed by atoms with Crippen LogP contribution in [0.1, 0.15) is 31.1 Å². The lowest BCUT2D eigenvalue weighted by atomic mass is 10.1. The maximum atomic E-state index is 14.4. The summed E-state index contributed by atoms with van der Waals surface area (Å²) in [5.74, 6) is -0.674. The number of rotatable bonds is 5. The summed E-state index contributed by atoms with van der Waals surface area (Å²) in [7, 11) is 0. The third kappa shape index (κ3) is 4.42. The van der Waals surface area contributed by atoms with E-state index in [1.807, 2.05) is 18.7 Å². The summed E-state index contributed by atoms with van der Waals surface area (Å²) >= 11 is 0. The summed E-state index contributed by atoms with van der Waals surface area (Å²) in [5.41, 5.74) is 0.797. The van der Waals surface area contributed by atoms with Crippen molar-refractivity contribution in [3.63, 3.8) is 0 Å². The summed E-state index contributed by atoms with van der Waals surface area (Å²) in [4.78, 5) is 16.0. The van der Waals surface area contributed by atoms with E-state index < -0.39 is 11.9 Å². The van der Waals surface area contributed by atoms with Crippen LogP contribution in [0.2, 0.25) is 0 Å². The Bertz CT molecular complexity index is 543. The summed E-state index contributed by atoms with van der Waals surface area (Å²) in [6.45, 7) is 8.05. The zero-order chi connectivity index (χ0) is 17.0. The number of carbonyl (C=O) groups is 1. The van der Waals surface area contributed by atoms with E-state index in [-0.39, 0.29) is 18.5 Å². The first kappa shape index (κ1) is 17.7. The second-order valence-electron chi connectivity index (χ2n) is 6.17. The molecular weight excluding hydrogens is 299 g/mol. The van der Waals surface area contributed by atoms with Crippen LogP contribution in [-0.2, 0) is 4.74 Å². The lowest BCUT2D eigenvalue weighted by molar-refractivity contribution is 0.0578. The molecule has 1 N–H and O–H groups in total. The lowest BCUT2D eigenvalue weighted by Crippen LogP contribution is -2.41. The molecule has 1 heterocycles. The molecule has 0 aromatic heterocycles. The molecule has 1 aliphatic rings. The molecule has 6 heteroatoms. The summed E-state index contributed by atoms with van der Waals surface area (Å²) < 4.78 is 19.7. The van der Waals surface area contributed by atoms with Gasteiger partial charge in [-0.05, 0) is 39.0 Å². The van der Waals surface area contributed by atoms with Crippen molar-refractivity contribution in [3.05, 3.63) is 29.6 Å². The molecule has 0 radical (unpaired) electrons. The molecule has 128 valence electrons. The fourth-order valence-corrected chi connectivity index (χ4v) is 2.68. The van der Waals surface area contributed by atoms with Crippen molar-refractivity contribution in [1.82, 2.24) is 4.90 Å². The van der Waals surface area contributed by atoms with Gasteiger partial charge < -0.3 is 19.6 Å². The Morgan fingerprint density at radius 3 is 2.52 bits per heavy atom. The van der Waals surface area contributed by atoms with E-state index in [1.165, 1.54) is 6.07 Å². The number of ether oxygens (including phenoxy) is 1. The minimum Gasteiger partial charge on any atom is -0.392 e. The number of carbonyl (C=O) groups excluding carboxylic acids is 1. The number of morpholine rings is 1. The number of halogens is 1. The smallest absolute Gasteiger partial charge is 0.254 e. The molecule has 0 aliphatic carbocycles. The van der Waals surface area contributed by atoms with E-state index in [9.17, 15) is 14.3 Å². The van der Waals surface area contributed by atoms with Crippen molar-refractivity contribution >= 4 is 11.6 Å². The number of nitrogens with zero attached hydrogens (tertiary/aromatic N) is 2. The van der Waals surface area contributed by atoms with Gasteiger partial charge in [0, 0.05) is 31.2 Å². The topological polar surface area (TPSA) is 53.0 Å². The Labute approximate surface area is 136 Å². The maximum absolute atomic E-state index is 14.4. The quantitative estimate of drug-likeness (QED) is 0.899. The van der Waals surface area contributed by atoms with Gasteiger partial charge in [0.15, 0.2) is 0 Å². The molecule has 1 atom stereocenters. The van der Waals surface area contributed by atoms with Gasteiger partial charge in [-0.15, -0.1) is 0 Å². The standard InChI is InChI=1S/C17H25FN2O3/c1-12(2)20(11-13(3)21)17(22)14-4-5-16(15(18)10-14)19-6-8-23-9-7-19/h4-5,10,12-13,21H,6-9,11H2,1-3H3. The van der Waals surface area contributed by atoms with Gasteiger partial charge in [-0.25, -0.2) is 4.39 Å². The Hall–Kier alpha value is -1.66. The minimum absolute atomic E-state index is 0.0703. The van der Waals surface area contributed by atoms with Gasteiger partial charge in [0.2, 0.25) is 0 Å². The highest BCUT2D eigenvalue weighted by molar-refractivity contribution is 5.94. The molecule has 0 spiro atoms.